The van der Waals surface area contributed by atoms with Crippen molar-refractivity contribution in [3.8, 4) is 0 Å². The van der Waals surface area contributed by atoms with E-state index in [4.69, 9.17) is 0 Å². The molecule has 2 heteroatoms. The van der Waals surface area contributed by atoms with E-state index in [2.05, 4.69) is 18.0 Å². The molecule has 2 aromatic rings. The minimum Gasteiger partial charge on any atom is -0.360 e. The summed E-state index contributed by atoms with van der Waals surface area (Å²) in [6.07, 6.45) is 2.75. The summed E-state index contributed by atoms with van der Waals surface area (Å²) < 4.78 is 0. The molecule has 0 atom stereocenters. The fourth-order valence-corrected chi connectivity index (χ4v) is 1.83. The minimum absolute atomic E-state index is 0.122. The minimum atomic E-state index is 0.122. The molecule has 72 valence electrons. The lowest BCUT2D eigenvalue weighted by Crippen LogP contribution is -1.91. The molecule has 0 unspecified atom stereocenters. The van der Waals surface area contributed by atoms with Crippen molar-refractivity contribution in [2.24, 2.45) is 0 Å². The Morgan fingerprint density at radius 3 is 2.86 bits per heavy atom. The molecule has 0 aliphatic heterocycles. The summed E-state index contributed by atoms with van der Waals surface area (Å²) in [5, 5.41) is 1.09. The summed E-state index contributed by atoms with van der Waals surface area (Å²) >= 11 is 0. The number of rotatable bonds is 2. The molecule has 1 N–H and O–H groups in total. The molecule has 14 heavy (non-hydrogen) atoms. The molecule has 0 amide bonds. The monoisotopic (exact) mass is 187 g/mol. The summed E-state index contributed by atoms with van der Waals surface area (Å²) in [4.78, 5) is 14.5. The molecule has 0 saturated carbocycles. The van der Waals surface area contributed by atoms with Crippen molar-refractivity contribution in [3.05, 3.63) is 35.5 Å². The van der Waals surface area contributed by atoms with Gasteiger partial charge in [0.25, 0.3) is 0 Å². The number of aromatic amines is 1. The van der Waals surface area contributed by atoms with Crippen LogP contribution in [0.5, 0.6) is 0 Å². The van der Waals surface area contributed by atoms with Gasteiger partial charge in [0, 0.05) is 22.7 Å². The van der Waals surface area contributed by atoms with Gasteiger partial charge >= 0.3 is 0 Å². The molecule has 1 aromatic heterocycles. The van der Waals surface area contributed by atoms with Gasteiger partial charge in [-0.25, -0.2) is 0 Å². The molecule has 2 rings (SSSR count). The number of fused-ring (bicyclic) bond motifs is 1. The Morgan fingerprint density at radius 1 is 1.43 bits per heavy atom. The smallest absolute Gasteiger partial charge is 0.161 e. The molecule has 0 aliphatic rings. The second-order valence-electron chi connectivity index (χ2n) is 3.45. The van der Waals surface area contributed by atoms with Crippen molar-refractivity contribution in [2.45, 2.75) is 20.3 Å². The van der Waals surface area contributed by atoms with Crippen molar-refractivity contribution in [1.82, 2.24) is 4.98 Å². The summed E-state index contributed by atoms with van der Waals surface area (Å²) in [6, 6.07) is 6.09. The van der Waals surface area contributed by atoms with Gasteiger partial charge in [0.1, 0.15) is 0 Å². The van der Waals surface area contributed by atoms with Gasteiger partial charge in [-0.1, -0.05) is 19.1 Å². The maximum atomic E-state index is 11.4. The van der Waals surface area contributed by atoms with Crippen molar-refractivity contribution < 1.29 is 4.79 Å². The number of Topliss-reactive ketones (excluding diaryl/α,β-unsaturated/α-hetero) is 1. The van der Waals surface area contributed by atoms with Crippen molar-refractivity contribution >= 4 is 16.7 Å². The number of hydrogen-bond donors (Lipinski definition) is 1. The molecule has 2 nitrogen and oxygen atoms in total. The number of nitrogens with one attached hydrogen (secondary N) is 1. The number of benzene rings is 1. The highest BCUT2D eigenvalue weighted by molar-refractivity contribution is 6.07. The average molecular weight is 187 g/mol. The lowest BCUT2D eigenvalue weighted by atomic mass is 10.0. The highest BCUT2D eigenvalue weighted by atomic mass is 16.1. The van der Waals surface area contributed by atoms with Crippen molar-refractivity contribution in [3.63, 3.8) is 0 Å². The molecule has 0 saturated heterocycles. The SMILES string of the molecule is CCc1cccc2[nH]cc(C(C)=O)c12. The first-order valence-electron chi connectivity index (χ1n) is 4.84. The molecular formula is C12H13NO. The quantitative estimate of drug-likeness (QED) is 0.720. The number of aromatic nitrogens is 1. The molecule has 0 aliphatic carbocycles. The Morgan fingerprint density at radius 2 is 2.21 bits per heavy atom. The highest BCUT2D eigenvalue weighted by Gasteiger charge is 2.10. The summed E-state index contributed by atoms with van der Waals surface area (Å²) in [5.74, 6) is 0.122. The maximum Gasteiger partial charge on any atom is 0.161 e. The Balaban J connectivity index is 2.81. The number of hydrogen-bond acceptors (Lipinski definition) is 1. The van der Waals surface area contributed by atoms with E-state index in [1.54, 1.807) is 13.1 Å². The van der Waals surface area contributed by atoms with E-state index in [-0.39, 0.29) is 5.78 Å². The van der Waals surface area contributed by atoms with E-state index in [9.17, 15) is 4.79 Å². The van der Waals surface area contributed by atoms with Gasteiger partial charge in [0.15, 0.2) is 5.78 Å². The van der Waals surface area contributed by atoms with Gasteiger partial charge in [-0.15, -0.1) is 0 Å². The van der Waals surface area contributed by atoms with Crippen LogP contribution in [0.3, 0.4) is 0 Å². The van der Waals surface area contributed by atoms with Gasteiger partial charge in [0.2, 0.25) is 0 Å². The van der Waals surface area contributed by atoms with Crippen LogP contribution in [-0.2, 0) is 6.42 Å². The molecule has 0 bridgehead atoms. The van der Waals surface area contributed by atoms with Crippen LogP contribution in [0.2, 0.25) is 0 Å². The zero-order valence-corrected chi connectivity index (χ0v) is 8.42. The van der Waals surface area contributed by atoms with E-state index >= 15 is 0 Å². The predicted molar refractivity (Wildman–Crippen MR) is 57.7 cm³/mol. The van der Waals surface area contributed by atoms with Gasteiger partial charge < -0.3 is 4.98 Å². The third-order valence-corrected chi connectivity index (χ3v) is 2.55. The fraction of sp³-hybridized carbons (Fsp3) is 0.250. The van der Waals surface area contributed by atoms with Gasteiger partial charge in [-0.05, 0) is 25.0 Å². The number of carbonyl (C=O) groups is 1. The molecule has 0 spiro atoms. The first-order chi connectivity index (χ1) is 6.74. The first-order valence-corrected chi connectivity index (χ1v) is 4.84. The Hall–Kier alpha value is -1.57. The fourth-order valence-electron chi connectivity index (χ4n) is 1.83. The average Bonchev–Trinajstić information content (AvgIpc) is 2.60. The van der Waals surface area contributed by atoms with Crippen LogP contribution in [0, 0.1) is 0 Å². The van der Waals surface area contributed by atoms with Crippen LogP contribution in [-0.4, -0.2) is 10.8 Å². The Labute approximate surface area is 82.9 Å². The molecule has 0 fully saturated rings. The third kappa shape index (κ3) is 1.23. The Kier molecular flexibility index (Phi) is 2.12. The number of ketones is 1. The third-order valence-electron chi connectivity index (χ3n) is 2.55. The number of carbonyl (C=O) groups excluding carboxylic acids is 1. The summed E-state index contributed by atoms with van der Waals surface area (Å²) in [7, 11) is 0. The van der Waals surface area contributed by atoms with Crippen LogP contribution in [0.4, 0.5) is 0 Å². The largest absolute Gasteiger partial charge is 0.360 e. The van der Waals surface area contributed by atoms with E-state index in [1.165, 1.54) is 5.56 Å². The first kappa shape index (κ1) is 9.00. The molecule has 1 heterocycles. The topological polar surface area (TPSA) is 32.9 Å². The van der Waals surface area contributed by atoms with Crippen LogP contribution in [0.15, 0.2) is 24.4 Å². The Bertz CT molecular complexity index is 482. The summed E-state index contributed by atoms with van der Waals surface area (Å²) in [5.41, 5.74) is 3.08. The van der Waals surface area contributed by atoms with Gasteiger partial charge in [-0.3, -0.25) is 4.79 Å². The second kappa shape index (κ2) is 3.29. The van der Waals surface area contributed by atoms with E-state index < -0.39 is 0 Å². The van der Waals surface area contributed by atoms with E-state index in [0.29, 0.717) is 0 Å². The number of H-pyrrole nitrogens is 1. The van der Waals surface area contributed by atoms with Crippen LogP contribution in [0.1, 0.15) is 29.8 Å². The maximum absolute atomic E-state index is 11.4. The zero-order valence-electron chi connectivity index (χ0n) is 8.42. The second-order valence-corrected chi connectivity index (χ2v) is 3.45. The van der Waals surface area contributed by atoms with Gasteiger partial charge in [-0.2, -0.15) is 0 Å². The molecular weight excluding hydrogens is 174 g/mol. The zero-order chi connectivity index (χ0) is 10.1. The van der Waals surface area contributed by atoms with Crippen LogP contribution in [0.25, 0.3) is 10.9 Å². The number of aryl methyl sites for hydroxylation is 1. The van der Waals surface area contributed by atoms with Crippen molar-refractivity contribution in [2.75, 3.05) is 0 Å². The van der Waals surface area contributed by atoms with Crippen molar-refractivity contribution in [1.29, 1.82) is 0 Å². The lowest BCUT2D eigenvalue weighted by molar-refractivity contribution is 0.101. The van der Waals surface area contributed by atoms with Crippen LogP contribution >= 0.6 is 0 Å². The van der Waals surface area contributed by atoms with Crippen LogP contribution < -0.4 is 0 Å². The molecule has 1 aromatic carbocycles. The summed E-state index contributed by atoms with van der Waals surface area (Å²) in [6.45, 7) is 3.71. The van der Waals surface area contributed by atoms with E-state index in [1.807, 2.05) is 12.1 Å². The predicted octanol–water partition coefficient (Wildman–Crippen LogP) is 2.93. The van der Waals surface area contributed by atoms with E-state index in [0.717, 1.165) is 22.9 Å². The lowest BCUT2D eigenvalue weighted by Gasteiger charge is -2.00. The highest BCUT2D eigenvalue weighted by Crippen LogP contribution is 2.23. The molecule has 0 radical (unpaired) electrons. The normalized spacial score (nSPS) is 10.7. The standard InChI is InChI=1S/C12H13NO/c1-3-9-5-4-6-11-12(9)10(7-13-11)8(2)14/h4-7,13H,3H2,1-2H3. The van der Waals surface area contributed by atoms with Gasteiger partial charge in [0.05, 0.1) is 0 Å².